The van der Waals surface area contributed by atoms with E-state index in [9.17, 15) is 9.59 Å². The number of carbonyl (C=O) groups is 2. The van der Waals surface area contributed by atoms with E-state index in [2.05, 4.69) is 0 Å². The summed E-state index contributed by atoms with van der Waals surface area (Å²) in [4.78, 5) is 31.7. The van der Waals surface area contributed by atoms with Crippen LogP contribution in [0.25, 0.3) is 11.4 Å². The van der Waals surface area contributed by atoms with Crippen molar-refractivity contribution in [2.24, 2.45) is 0 Å². The molecule has 4 nitrogen and oxygen atoms in total. The number of benzene rings is 4. The van der Waals surface area contributed by atoms with Crippen molar-refractivity contribution in [2.75, 3.05) is 4.90 Å². The SMILES string of the molecule is O=C1C2=C(c3ccccc3)N(c3ccccc3)C(=O)C2=C(c2ccccc2)N1Cc1ccccc1. The van der Waals surface area contributed by atoms with Crippen molar-refractivity contribution in [3.8, 4) is 0 Å². The molecule has 0 aliphatic carbocycles. The third-order valence-electron chi connectivity index (χ3n) is 6.39. The average Bonchev–Trinajstić information content (AvgIpc) is 3.37. The minimum atomic E-state index is -0.187. The lowest BCUT2D eigenvalue weighted by atomic mass is 10.0. The van der Waals surface area contributed by atoms with Gasteiger partial charge in [0, 0.05) is 5.69 Å². The minimum absolute atomic E-state index is 0.159. The number of carbonyl (C=O) groups excluding carboxylic acids is 2. The molecule has 168 valence electrons. The van der Waals surface area contributed by atoms with Crippen LogP contribution in [-0.4, -0.2) is 16.7 Å². The summed E-state index contributed by atoms with van der Waals surface area (Å²) in [5, 5.41) is 0. The van der Waals surface area contributed by atoms with Crippen LogP contribution < -0.4 is 4.90 Å². The largest absolute Gasteiger partial charge is 0.302 e. The number of fused-ring (bicyclic) bond motifs is 1. The van der Waals surface area contributed by atoms with Crippen LogP contribution in [-0.2, 0) is 16.1 Å². The molecule has 35 heavy (non-hydrogen) atoms. The van der Waals surface area contributed by atoms with E-state index < -0.39 is 0 Å². The molecular formula is C31H22N2O2. The summed E-state index contributed by atoms with van der Waals surface area (Å²) < 4.78 is 0. The summed E-state index contributed by atoms with van der Waals surface area (Å²) in [5.41, 5.74) is 5.62. The summed E-state index contributed by atoms with van der Waals surface area (Å²) in [5.74, 6) is -0.346. The summed E-state index contributed by atoms with van der Waals surface area (Å²) in [7, 11) is 0. The molecular weight excluding hydrogens is 432 g/mol. The highest BCUT2D eigenvalue weighted by atomic mass is 16.2. The molecule has 0 aromatic heterocycles. The van der Waals surface area contributed by atoms with Gasteiger partial charge in [0.2, 0.25) is 0 Å². The standard InChI is InChI=1S/C31H22N2O2/c34-30-27-26(28(23-15-7-2-8-16-23)32(30)21-22-13-5-1-6-14-22)31(35)33(25-19-11-4-12-20-25)29(27)24-17-9-3-10-18-24/h1-20H,21H2. The maximum atomic E-state index is 14.1. The van der Waals surface area contributed by atoms with Crippen molar-refractivity contribution in [3.05, 3.63) is 149 Å². The molecule has 2 amide bonds. The lowest BCUT2D eigenvalue weighted by molar-refractivity contribution is -0.123. The molecule has 0 spiro atoms. The molecule has 0 fully saturated rings. The normalized spacial score (nSPS) is 15.3. The average molecular weight is 455 g/mol. The molecule has 0 unspecified atom stereocenters. The van der Waals surface area contributed by atoms with E-state index in [0.29, 0.717) is 29.1 Å². The smallest absolute Gasteiger partial charge is 0.265 e. The van der Waals surface area contributed by atoms with Gasteiger partial charge in [-0.25, -0.2) is 0 Å². The van der Waals surface area contributed by atoms with E-state index in [-0.39, 0.29) is 11.8 Å². The zero-order valence-corrected chi connectivity index (χ0v) is 19.0. The zero-order chi connectivity index (χ0) is 23.8. The molecule has 2 aliphatic rings. The summed E-state index contributed by atoms with van der Waals surface area (Å²) >= 11 is 0. The molecule has 2 heterocycles. The Morgan fingerprint density at radius 3 is 1.51 bits per heavy atom. The van der Waals surface area contributed by atoms with E-state index in [0.717, 1.165) is 22.4 Å². The Morgan fingerprint density at radius 2 is 0.943 bits per heavy atom. The monoisotopic (exact) mass is 454 g/mol. The molecule has 0 N–H and O–H groups in total. The Bertz CT molecular complexity index is 1470. The minimum Gasteiger partial charge on any atom is -0.302 e. The first-order valence-corrected chi connectivity index (χ1v) is 11.6. The highest BCUT2D eigenvalue weighted by Crippen LogP contribution is 2.48. The molecule has 0 radical (unpaired) electrons. The highest BCUT2D eigenvalue weighted by molar-refractivity contribution is 6.36. The van der Waals surface area contributed by atoms with E-state index in [1.165, 1.54) is 0 Å². The number of para-hydroxylation sites is 1. The topological polar surface area (TPSA) is 40.6 Å². The summed E-state index contributed by atoms with van der Waals surface area (Å²) in [6.45, 7) is 0.386. The molecule has 0 bridgehead atoms. The number of anilines is 1. The fourth-order valence-corrected chi connectivity index (χ4v) is 4.86. The Balaban J connectivity index is 1.62. The van der Waals surface area contributed by atoms with Gasteiger partial charge in [-0.2, -0.15) is 0 Å². The predicted octanol–water partition coefficient (Wildman–Crippen LogP) is 5.90. The maximum absolute atomic E-state index is 14.1. The number of rotatable bonds is 5. The quantitative estimate of drug-likeness (QED) is 0.377. The van der Waals surface area contributed by atoms with Crippen LogP contribution in [0.2, 0.25) is 0 Å². The number of nitrogens with zero attached hydrogens (tertiary/aromatic N) is 2. The van der Waals surface area contributed by atoms with Crippen molar-refractivity contribution < 1.29 is 9.59 Å². The second-order valence-corrected chi connectivity index (χ2v) is 8.53. The van der Waals surface area contributed by atoms with Gasteiger partial charge in [0.1, 0.15) is 0 Å². The van der Waals surface area contributed by atoms with Gasteiger partial charge in [0.25, 0.3) is 11.8 Å². The van der Waals surface area contributed by atoms with Crippen LogP contribution in [0.4, 0.5) is 5.69 Å². The summed E-state index contributed by atoms with van der Waals surface area (Å²) in [6.07, 6.45) is 0. The first-order chi connectivity index (χ1) is 17.2. The second kappa shape index (κ2) is 8.58. The van der Waals surface area contributed by atoms with Crippen molar-refractivity contribution in [3.63, 3.8) is 0 Å². The van der Waals surface area contributed by atoms with Crippen LogP contribution >= 0.6 is 0 Å². The molecule has 0 saturated heterocycles. The van der Waals surface area contributed by atoms with Crippen molar-refractivity contribution in [1.29, 1.82) is 0 Å². The number of hydrogen-bond donors (Lipinski definition) is 0. The highest BCUT2D eigenvalue weighted by Gasteiger charge is 2.49. The summed E-state index contributed by atoms with van der Waals surface area (Å²) in [6, 6.07) is 38.8. The first kappa shape index (κ1) is 20.9. The van der Waals surface area contributed by atoms with Crippen LogP contribution in [0.5, 0.6) is 0 Å². The van der Waals surface area contributed by atoms with Crippen molar-refractivity contribution in [2.45, 2.75) is 6.54 Å². The lowest BCUT2D eigenvalue weighted by Gasteiger charge is -2.25. The van der Waals surface area contributed by atoms with Crippen LogP contribution in [0.15, 0.2) is 132 Å². The fraction of sp³-hybridized carbons (Fsp3) is 0.0323. The Labute approximate surface area is 204 Å². The number of hydrogen-bond acceptors (Lipinski definition) is 2. The van der Waals surface area contributed by atoms with Crippen LogP contribution in [0, 0.1) is 0 Å². The van der Waals surface area contributed by atoms with Gasteiger partial charge in [-0.3, -0.25) is 14.5 Å². The molecule has 2 aliphatic heterocycles. The van der Waals surface area contributed by atoms with E-state index in [1.807, 2.05) is 121 Å². The Morgan fingerprint density at radius 1 is 0.486 bits per heavy atom. The van der Waals surface area contributed by atoms with Gasteiger partial charge in [-0.15, -0.1) is 0 Å². The van der Waals surface area contributed by atoms with E-state index >= 15 is 0 Å². The van der Waals surface area contributed by atoms with Gasteiger partial charge < -0.3 is 4.90 Å². The molecule has 6 rings (SSSR count). The number of amides is 2. The van der Waals surface area contributed by atoms with Crippen LogP contribution in [0.1, 0.15) is 16.7 Å². The van der Waals surface area contributed by atoms with Gasteiger partial charge >= 0.3 is 0 Å². The molecule has 4 aromatic carbocycles. The Kier molecular flexibility index (Phi) is 5.12. The van der Waals surface area contributed by atoms with Crippen LogP contribution in [0.3, 0.4) is 0 Å². The molecule has 0 atom stereocenters. The van der Waals surface area contributed by atoms with Gasteiger partial charge in [0.15, 0.2) is 0 Å². The molecule has 4 heteroatoms. The molecule has 0 saturated carbocycles. The van der Waals surface area contributed by atoms with Gasteiger partial charge in [-0.05, 0) is 28.8 Å². The lowest BCUT2D eigenvalue weighted by Crippen LogP contribution is -2.29. The molecule has 4 aromatic rings. The zero-order valence-electron chi connectivity index (χ0n) is 19.0. The van der Waals surface area contributed by atoms with E-state index in [1.54, 1.807) is 9.80 Å². The van der Waals surface area contributed by atoms with Gasteiger partial charge in [-0.1, -0.05) is 109 Å². The van der Waals surface area contributed by atoms with E-state index in [4.69, 9.17) is 0 Å². The van der Waals surface area contributed by atoms with Crippen molar-refractivity contribution >= 4 is 28.9 Å². The fourth-order valence-electron chi connectivity index (χ4n) is 4.86. The Hall–Kier alpha value is -4.70. The maximum Gasteiger partial charge on any atom is 0.265 e. The predicted molar refractivity (Wildman–Crippen MR) is 138 cm³/mol. The van der Waals surface area contributed by atoms with Gasteiger partial charge in [0.05, 0.1) is 29.1 Å². The first-order valence-electron chi connectivity index (χ1n) is 11.6. The van der Waals surface area contributed by atoms with Crippen molar-refractivity contribution in [1.82, 2.24) is 4.90 Å². The third kappa shape index (κ3) is 3.47. The second-order valence-electron chi connectivity index (χ2n) is 8.53. The third-order valence-corrected chi connectivity index (χ3v) is 6.39.